The third-order valence-electron chi connectivity index (χ3n) is 4.13. The van der Waals surface area contributed by atoms with E-state index in [2.05, 4.69) is 4.98 Å². The van der Waals surface area contributed by atoms with Gasteiger partial charge in [-0.3, -0.25) is 14.1 Å². The monoisotopic (exact) mass is 373 g/mol. The summed E-state index contributed by atoms with van der Waals surface area (Å²) < 4.78 is 16.2. The van der Waals surface area contributed by atoms with E-state index in [1.165, 1.54) is 45.5 Å². The largest absolute Gasteiger partial charge is 0.477 e. The first-order chi connectivity index (χ1) is 12.0. The second-order valence-electron chi connectivity index (χ2n) is 5.60. The molecule has 1 amide bonds. The number of fused-ring (bicyclic) bond motifs is 4. The molecule has 1 fully saturated rings. The number of thiazole rings is 1. The second-order valence-corrected chi connectivity index (χ2v) is 7.57. The smallest absolute Gasteiger partial charge is 0.353 e. The van der Waals surface area contributed by atoms with Crippen molar-refractivity contribution in [3.63, 3.8) is 0 Å². The Morgan fingerprint density at radius 1 is 1.40 bits per heavy atom. The number of imidazole rings is 1. The lowest BCUT2D eigenvalue weighted by molar-refractivity contribution is -0.141. The highest BCUT2D eigenvalue weighted by Gasteiger charge is 2.49. The molecule has 0 bridgehead atoms. The van der Waals surface area contributed by atoms with Crippen LogP contribution in [0.25, 0.3) is 21.3 Å². The van der Waals surface area contributed by atoms with Gasteiger partial charge in [0.1, 0.15) is 16.9 Å². The Hall–Kier alpha value is -2.65. The van der Waals surface area contributed by atoms with E-state index in [-0.39, 0.29) is 22.8 Å². The molecule has 1 aromatic carbocycles. The summed E-state index contributed by atoms with van der Waals surface area (Å²) in [5.41, 5.74) is 1.83. The number of hydrogen-bond acceptors (Lipinski definition) is 5. The second kappa shape index (κ2) is 4.93. The van der Waals surface area contributed by atoms with Crippen molar-refractivity contribution in [2.24, 2.45) is 0 Å². The zero-order valence-electron chi connectivity index (χ0n) is 12.3. The number of halogens is 1. The van der Waals surface area contributed by atoms with E-state index in [4.69, 9.17) is 5.11 Å². The first-order valence-corrected chi connectivity index (χ1v) is 9.00. The number of carbonyl (C=O) groups is 2. The Morgan fingerprint density at radius 3 is 3.04 bits per heavy atom. The molecule has 0 radical (unpaired) electrons. The molecular formula is C16H8FN3O3S2. The van der Waals surface area contributed by atoms with Crippen molar-refractivity contribution in [3.05, 3.63) is 52.6 Å². The summed E-state index contributed by atoms with van der Waals surface area (Å²) in [5, 5.41) is 10.2. The van der Waals surface area contributed by atoms with E-state index < -0.39 is 5.97 Å². The number of carboxylic acids is 1. The highest BCUT2D eigenvalue weighted by Crippen LogP contribution is 2.45. The van der Waals surface area contributed by atoms with Crippen LogP contribution in [0.1, 0.15) is 5.69 Å². The van der Waals surface area contributed by atoms with Crippen LogP contribution in [0.4, 0.5) is 4.39 Å². The van der Waals surface area contributed by atoms with Gasteiger partial charge >= 0.3 is 5.97 Å². The molecule has 2 aliphatic heterocycles. The predicted octanol–water partition coefficient (Wildman–Crippen LogP) is 2.91. The minimum atomic E-state index is -1.11. The summed E-state index contributed by atoms with van der Waals surface area (Å²) in [6.45, 7) is 0. The maximum Gasteiger partial charge on any atom is 0.353 e. The fraction of sp³-hybridized carbons (Fsp3) is 0.0625. The van der Waals surface area contributed by atoms with Gasteiger partial charge in [-0.15, -0.1) is 11.8 Å². The number of carboxylic acid groups (broad SMARTS) is 1. The summed E-state index contributed by atoms with van der Waals surface area (Å²) in [4.78, 5) is 29.8. The number of aromatic nitrogens is 2. The van der Waals surface area contributed by atoms with Crippen LogP contribution >= 0.6 is 23.1 Å². The van der Waals surface area contributed by atoms with Gasteiger partial charge in [0.05, 0.1) is 21.5 Å². The Balaban J connectivity index is 1.53. The molecule has 2 aromatic heterocycles. The SMILES string of the molecule is O=C(O)C1=CS[C@@H]2C(=Cc3cn4c(n3)sc3ccc(F)cc34)C(=O)N12. The lowest BCUT2D eigenvalue weighted by Crippen LogP contribution is -2.51. The standard InChI is InChI=1S/C16H8FN3O3S2/c17-7-1-2-12-10(3-7)19-5-8(18-16(19)25-12)4-9-13(21)20-11(15(22)23)6-24-14(9)20/h1-6,14H,(H,22,23)/t14-/m1/s1. The Morgan fingerprint density at radius 2 is 2.24 bits per heavy atom. The molecule has 6 nitrogen and oxygen atoms in total. The van der Waals surface area contributed by atoms with Crippen LogP contribution in [0, 0.1) is 5.82 Å². The Labute approximate surface area is 147 Å². The number of thioether (sulfide) groups is 1. The van der Waals surface area contributed by atoms with Crippen molar-refractivity contribution in [2.75, 3.05) is 0 Å². The van der Waals surface area contributed by atoms with Crippen LogP contribution in [0.15, 0.2) is 41.1 Å². The van der Waals surface area contributed by atoms with Gasteiger partial charge in [-0.1, -0.05) is 11.3 Å². The fourth-order valence-corrected chi connectivity index (χ4v) is 5.10. The fourth-order valence-electron chi connectivity index (χ4n) is 2.98. The van der Waals surface area contributed by atoms with Crippen LogP contribution in [0.3, 0.4) is 0 Å². The van der Waals surface area contributed by atoms with E-state index in [0.717, 1.165) is 10.2 Å². The molecule has 2 aliphatic rings. The van der Waals surface area contributed by atoms with Gasteiger partial charge in [0.2, 0.25) is 0 Å². The molecule has 4 heterocycles. The maximum absolute atomic E-state index is 13.5. The minimum absolute atomic E-state index is 0.00411. The molecule has 1 atom stereocenters. The summed E-state index contributed by atoms with van der Waals surface area (Å²) in [7, 11) is 0. The van der Waals surface area contributed by atoms with Crippen molar-refractivity contribution in [3.8, 4) is 0 Å². The zero-order valence-corrected chi connectivity index (χ0v) is 14.0. The zero-order chi connectivity index (χ0) is 17.3. The number of amides is 1. The average Bonchev–Trinajstić information content (AvgIpc) is 3.23. The van der Waals surface area contributed by atoms with Gasteiger partial charge in [0.15, 0.2) is 4.96 Å². The quantitative estimate of drug-likeness (QED) is 0.552. The van der Waals surface area contributed by atoms with Crippen molar-refractivity contribution >= 4 is 56.2 Å². The van der Waals surface area contributed by atoms with Crippen molar-refractivity contribution in [1.29, 1.82) is 0 Å². The van der Waals surface area contributed by atoms with Gasteiger partial charge in [-0.25, -0.2) is 14.2 Å². The molecule has 0 unspecified atom stereocenters. The van der Waals surface area contributed by atoms with Crippen molar-refractivity contribution < 1.29 is 19.1 Å². The lowest BCUT2D eigenvalue weighted by Gasteiger charge is -2.36. The Bertz CT molecular complexity index is 1160. The van der Waals surface area contributed by atoms with Crippen molar-refractivity contribution in [2.45, 2.75) is 5.37 Å². The third kappa shape index (κ3) is 1.99. The first kappa shape index (κ1) is 14.7. The van der Waals surface area contributed by atoms with Gasteiger partial charge in [0.25, 0.3) is 5.91 Å². The van der Waals surface area contributed by atoms with Gasteiger partial charge in [-0.2, -0.15) is 0 Å². The van der Waals surface area contributed by atoms with Gasteiger partial charge < -0.3 is 5.11 Å². The van der Waals surface area contributed by atoms with Crippen LogP contribution < -0.4 is 0 Å². The molecule has 25 heavy (non-hydrogen) atoms. The van der Waals surface area contributed by atoms with Gasteiger partial charge in [-0.05, 0) is 24.3 Å². The number of hydrogen-bond donors (Lipinski definition) is 1. The van der Waals surface area contributed by atoms with E-state index >= 15 is 0 Å². The molecule has 0 spiro atoms. The minimum Gasteiger partial charge on any atom is -0.477 e. The molecule has 0 saturated carbocycles. The molecule has 0 aliphatic carbocycles. The molecule has 5 rings (SSSR count). The number of benzene rings is 1. The summed E-state index contributed by atoms with van der Waals surface area (Å²) >= 11 is 2.72. The van der Waals surface area contributed by atoms with Crippen LogP contribution in [-0.2, 0) is 9.59 Å². The summed E-state index contributed by atoms with van der Waals surface area (Å²) in [6.07, 6.45) is 3.42. The summed E-state index contributed by atoms with van der Waals surface area (Å²) in [6, 6.07) is 4.57. The molecule has 124 valence electrons. The molecule has 9 heteroatoms. The number of β-lactam (4-membered cyclic amide) rings is 1. The summed E-state index contributed by atoms with van der Waals surface area (Å²) in [5.74, 6) is -1.76. The van der Waals surface area contributed by atoms with E-state index in [1.807, 2.05) is 0 Å². The third-order valence-corrected chi connectivity index (χ3v) is 6.25. The first-order valence-electron chi connectivity index (χ1n) is 7.24. The highest BCUT2D eigenvalue weighted by molar-refractivity contribution is 8.03. The maximum atomic E-state index is 13.5. The number of rotatable bonds is 2. The lowest BCUT2D eigenvalue weighted by atomic mass is 10.0. The van der Waals surface area contributed by atoms with Crippen LogP contribution in [0.5, 0.6) is 0 Å². The number of carbonyl (C=O) groups excluding carboxylic acids is 1. The van der Waals surface area contributed by atoms with E-state index in [9.17, 15) is 14.0 Å². The topological polar surface area (TPSA) is 74.9 Å². The number of aliphatic carboxylic acids is 1. The molecule has 3 aromatic rings. The molecule has 1 N–H and O–H groups in total. The van der Waals surface area contributed by atoms with Crippen molar-refractivity contribution in [1.82, 2.24) is 14.3 Å². The van der Waals surface area contributed by atoms with Crippen LogP contribution in [0.2, 0.25) is 0 Å². The highest BCUT2D eigenvalue weighted by atomic mass is 32.2. The number of nitrogens with zero attached hydrogens (tertiary/aromatic N) is 3. The average molecular weight is 373 g/mol. The Kier molecular flexibility index (Phi) is 2.89. The van der Waals surface area contributed by atoms with E-state index in [0.29, 0.717) is 16.2 Å². The van der Waals surface area contributed by atoms with Crippen LogP contribution in [-0.4, -0.2) is 36.6 Å². The van der Waals surface area contributed by atoms with Gasteiger partial charge in [0, 0.05) is 11.6 Å². The predicted molar refractivity (Wildman–Crippen MR) is 92.5 cm³/mol. The van der Waals surface area contributed by atoms with E-state index in [1.54, 1.807) is 22.7 Å². The molecule has 1 saturated heterocycles. The molecular weight excluding hydrogens is 365 g/mol. The normalized spacial score (nSPS) is 21.1.